The van der Waals surface area contributed by atoms with Crippen LogP contribution in [0.3, 0.4) is 0 Å². The number of halogens is 2. The van der Waals surface area contributed by atoms with Crippen molar-refractivity contribution in [2.45, 2.75) is 30.6 Å². The number of nitrogens with two attached hydrogens (primary N) is 1. The van der Waals surface area contributed by atoms with Gasteiger partial charge in [0.25, 0.3) is 0 Å². The number of hydrogen-bond donors (Lipinski definition) is 2. The molecule has 0 amide bonds. The predicted molar refractivity (Wildman–Crippen MR) is 135 cm³/mol. The average Bonchev–Trinajstić information content (AvgIpc) is 3.41. The number of nitrogens with zero attached hydrogens (tertiary/aromatic N) is 4. The zero-order valence-corrected chi connectivity index (χ0v) is 21.2. The molecule has 9 nitrogen and oxygen atoms in total. The molecule has 3 N–H and O–H groups in total. The molecule has 1 saturated carbocycles. The fourth-order valence-corrected chi connectivity index (χ4v) is 5.52. The van der Waals surface area contributed by atoms with E-state index in [4.69, 9.17) is 16.8 Å². The Hall–Kier alpha value is -3.99. The number of carboxylic acid groups (broad SMARTS) is 1. The van der Waals surface area contributed by atoms with Crippen LogP contribution < -0.4 is 5.14 Å². The first-order valence-electron chi connectivity index (χ1n) is 11.3. The number of rotatable bonds is 8. The Labute approximate surface area is 220 Å². The number of sulfonamides is 1. The number of carbonyl (C=O) groups is 1. The zero-order valence-electron chi connectivity index (χ0n) is 19.6. The standard InChI is InChI=1S/C25H19F2N5O4S2/c1-29-19-11-15(5-6-17(19)26)23-16(8-14-4-7-22(18(27)9-14)38(28,35)36)21(10-13-2-3-13)32(31-23)25-30-20(12-37-25)24(33)34/h4-7,9,11-13H,2-3,8,10H2,(H,33,34)(H2,28,35,36). The summed E-state index contributed by atoms with van der Waals surface area (Å²) in [6.45, 7) is 7.29. The Morgan fingerprint density at radius 2 is 1.97 bits per heavy atom. The molecule has 4 aromatic rings. The van der Waals surface area contributed by atoms with Gasteiger partial charge in [-0.15, -0.1) is 11.3 Å². The third kappa shape index (κ3) is 5.06. The maximum absolute atomic E-state index is 14.7. The molecule has 0 radical (unpaired) electrons. The van der Waals surface area contributed by atoms with Gasteiger partial charge in [-0.25, -0.2) is 41.6 Å². The van der Waals surface area contributed by atoms with Crippen LogP contribution in [0.1, 0.15) is 40.2 Å². The summed E-state index contributed by atoms with van der Waals surface area (Å²) in [5, 5.41) is 20.9. The van der Waals surface area contributed by atoms with Crippen LogP contribution in [0.15, 0.2) is 46.7 Å². The van der Waals surface area contributed by atoms with E-state index in [-0.39, 0.29) is 17.8 Å². The zero-order chi connectivity index (χ0) is 27.2. The van der Waals surface area contributed by atoms with Crippen molar-refractivity contribution in [1.82, 2.24) is 14.8 Å². The highest BCUT2D eigenvalue weighted by atomic mass is 32.2. The molecule has 0 saturated heterocycles. The highest BCUT2D eigenvalue weighted by Gasteiger charge is 2.29. The summed E-state index contributed by atoms with van der Waals surface area (Å²) in [6.07, 6.45) is 2.70. The summed E-state index contributed by atoms with van der Waals surface area (Å²) in [6, 6.07) is 7.65. The van der Waals surface area contributed by atoms with E-state index in [9.17, 15) is 27.1 Å². The monoisotopic (exact) mass is 555 g/mol. The van der Waals surface area contributed by atoms with Crippen LogP contribution in [0.25, 0.3) is 21.2 Å². The molecule has 0 bridgehead atoms. The normalized spacial score (nSPS) is 13.4. The van der Waals surface area contributed by atoms with Crippen LogP contribution >= 0.6 is 11.3 Å². The van der Waals surface area contributed by atoms with Crippen LogP contribution in [0.4, 0.5) is 14.5 Å². The van der Waals surface area contributed by atoms with E-state index in [2.05, 4.69) is 9.83 Å². The second-order valence-electron chi connectivity index (χ2n) is 8.92. The number of carboxylic acids is 1. The molecule has 5 rings (SSSR count). The summed E-state index contributed by atoms with van der Waals surface area (Å²) in [4.78, 5) is 18.2. The Morgan fingerprint density at radius 3 is 2.58 bits per heavy atom. The number of hydrogen-bond acceptors (Lipinski definition) is 6. The Bertz CT molecular complexity index is 1740. The van der Waals surface area contributed by atoms with Crippen LogP contribution in [0, 0.1) is 24.1 Å². The summed E-state index contributed by atoms with van der Waals surface area (Å²) >= 11 is 1.09. The molecular weight excluding hydrogens is 536 g/mol. The lowest BCUT2D eigenvalue weighted by atomic mass is 9.96. The number of benzene rings is 2. The minimum atomic E-state index is -4.25. The first-order valence-corrected chi connectivity index (χ1v) is 13.8. The molecule has 38 heavy (non-hydrogen) atoms. The predicted octanol–water partition coefficient (Wildman–Crippen LogP) is 4.71. The maximum Gasteiger partial charge on any atom is 0.355 e. The first kappa shape index (κ1) is 25.7. The lowest BCUT2D eigenvalue weighted by molar-refractivity contribution is 0.0691. The first-order chi connectivity index (χ1) is 18.0. The van der Waals surface area contributed by atoms with Gasteiger partial charge in [0.1, 0.15) is 16.5 Å². The Kier molecular flexibility index (Phi) is 6.56. The van der Waals surface area contributed by atoms with Crippen molar-refractivity contribution >= 4 is 33.0 Å². The number of primary sulfonamides is 1. The van der Waals surface area contributed by atoms with E-state index >= 15 is 0 Å². The van der Waals surface area contributed by atoms with Crippen LogP contribution in [-0.2, 0) is 22.9 Å². The van der Waals surface area contributed by atoms with Gasteiger partial charge in [0.05, 0.1) is 18.0 Å². The third-order valence-corrected chi connectivity index (χ3v) is 7.95. The summed E-state index contributed by atoms with van der Waals surface area (Å²) in [5.74, 6) is -2.50. The third-order valence-electron chi connectivity index (χ3n) is 6.18. The molecule has 0 spiro atoms. The topological polar surface area (TPSA) is 133 Å². The molecule has 1 fully saturated rings. The number of aromatic carboxylic acids is 1. The van der Waals surface area contributed by atoms with Crippen molar-refractivity contribution in [3.63, 3.8) is 0 Å². The number of aromatic nitrogens is 3. The van der Waals surface area contributed by atoms with E-state index < -0.39 is 32.5 Å². The Morgan fingerprint density at radius 1 is 1.21 bits per heavy atom. The van der Waals surface area contributed by atoms with Crippen molar-refractivity contribution in [2.24, 2.45) is 11.1 Å². The highest BCUT2D eigenvalue weighted by Crippen LogP contribution is 2.39. The van der Waals surface area contributed by atoms with Gasteiger partial charge in [-0.1, -0.05) is 12.1 Å². The molecule has 2 aromatic heterocycles. The van der Waals surface area contributed by atoms with E-state index in [0.717, 1.165) is 42.0 Å². The lowest BCUT2D eigenvalue weighted by Gasteiger charge is -2.10. The van der Waals surface area contributed by atoms with Crippen LogP contribution in [0.5, 0.6) is 0 Å². The van der Waals surface area contributed by atoms with E-state index in [1.54, 1.807) is 4.68 Å². The van der Waals surface area contributed by atoms with Crippen LogP contribution in [0.2, 0.25) is 0 Å². The largest absolute Gasteiger partial charge is 0.476 e. The summed E-state index contributed by atoms with van der Waals surface area (Å²) in [5.41, 5.74) is 2.31. The van der Waals surface area contributed by atoms with Crippen molar-refractivity contribution < 1.29 is 27.1 Å². The molecule has 0 atom stereocenters. The van der Waals surface area contributed by atoms with E-state index in [1.807, 2.05) is 0 Å². The van der Waals surface area contributed by atoms with Crippen molar-refractivity contribution in [1.29, 1.82) is 0 Å². The van der Waals surface area contributed by atoms with Crippen molar-refractivity contribution in [3.05, 3.63) is 87.3 Å². The minimum absolute atomic E-state index is 0.126. The molecule has 2 aromatic carbocycles. The van der Waals surface area contributed by atoms with Crippen LogP contribution in [-0.4, -0.2) is 34.3 Å². The molecule has 0 aliphatic heterocycles. The molecule has 2 heterocycles. The molecule has 1 aliphatic rings. The van der Waals surface area contributed by atoms with Gasteiger partial charge >= 0.3 is 5.97 Å². The second kappa shape index (κ2) is 9.71. The van der Waals surface area contributed by atoms with Gasteiger partial charge in [-0.05, 0) is 60.6 Å². The summed E-state index contributed by atoms with van der Waals surface area (Å²) < 4.78 is 53.7. The van der Waals surface area contributed by atoms with Gasteiger partial charge in [0.2, 0.25) is 20.8 Å². The highest BCUT2D eigenvalue weighted by molar-refractivity contribution is 7.89. The molecule has 0 unspecified atom stereocenters. The molecule has 194 valence electrons. The number of thiazole rings is 1. The van der Waals surface area contributed by atoms with Gasteiger partial charge in [0.15, 0.2) is 5.69 Å². The SMILES string of the molecule is [C-]#[N+]c1cc(-c2nn(-c3nc(C(=O)O)cs3)c(CC3CC3)c2Cc2ccc(S(N)(=O)=O)c(F)c2)ccc1F. The molecule has 13 heteroatoms. The van der Waals surface area contributed by atoms with E-state index in [0.29, 0.717) is 39.9 Å². The Balaban J connectivity index is 1.70. The fourth-order valence-electron chi connectivity index (χ4n) is 4.16. The molecule has 1 aliphatic carbocycles. The van der Waals surface area contributed by atoms with E-state index in [1.165, 1.54) is 29.6 Å². The van der Waals surface area contributed by atoms with Gasteiger partial charge in [-0.2, -0.15) is 5.10 Å². The fraction of sp³-hybridized carbons (Fsp3) is 0.200. The lowest BCUT2D eigenvalue weighted by Crippen LogP contribution is -2.14. The smallest absolute Gasteiger partial charge is 0.355 e. The van der Waals surface area contributed by atoms with Crippen molar-refractivity contribution in [3.8, 4) is 16.4 Å². The quantitative estimate of drug-likeness (QED) is 0.303. The van der Waals surface area contributed by atoms with Crippen molar-refractivity contribution in [2.75, 3.05) is 0 Å². The maximum atomic E-state index is 14.7. The van der Waals surface area contributed by atoms with Gasteiger partial charge < -0.3 is 5.11 Å². The summed E-state index contributed by atoms with van der Waals surface area (Å²) in [7, 11) is -4.25. The van der Waals surface area contributed by atoms with Gasteiger partial charge in [0, 0.05) is 17.4 Å². The second-order valence-corrected chi connectivity index (χ2v) is 11.3. The van der Waals surface area contributed by atoms with Gasteiger partial charge in [-0.3, -0.25) is 0 Å². The average molecular weight is 556 g/mol. The minimum Gasteiger partial charge on any atom is -0.476 e. The molecular formula is C25H19F2N5O4S2.